The Morgan fingerprint density at radius 2 is 1.97 bits per heavy atom. The number of carbonyl (C=O) groups excluding carboxylic acids is 1. The van der Waals surface area contributed by atoms with E-state index in [9.17, 15) is 10.1 Å². The van der Waals surface area contributed by atoms with Crippen LogP contribution in [0.4, 0.5) is 0 Å². The number of ether oxygens (including phenoxy) is 2. The quantitative estimate of drug-likeness (QED) is 0.329. The number of hydrogen-bond acceptors (Lipinski definition) is 6. The molecule has 0 bridgehead atoms. The van der Waals surface area contributed by atoms with Crippen LogP contribution < -0.4 is 14.8 Å². The molecule has 0 aliphatic heterocycles. The van der Waals surface area contributed by atoms with Crippen LogP contribution in [0, 0.1) is 11.3 Å². The monoisotopic (exact) mass is 498 g/mol. The molecule has 0 spiro atoms. The van der Waals surface area contributed by atoms with E-state index < -0.39 is 5.91 Å². The molecule has 1 amide bonds. The fraction of sp³-hybridized carbons (Fsp3) is 0.130. The first-order valence-electron chi connectivity index (χ1n) is 9.17. The van der Waals surface area contributed by atoms with E-state index >= 15 is 0 Å². The maximum absolute atomic E-state index is 12.5. The third-order valence-corrected chi connectivity index (χ3v) is 6.06. The SMILES string of the molecule is COc1ccc(CNC(=O)/C(C#N)=C\c2cc(Br)c(Sc3ccccc3)o2)c(OC)c1. The first-order chi connectivity index (χ1) is 15.0. The topological polar surface area (TPSA) is 84.5 Å². The van der Waals surface area contributed by atoms with Gasteiger partial charge in [-0.25, -0.2) is 0 Å². The van der Waals surface area contributed by atoms with E-state index in [1.54, 1.807) is 38.5 Å². The number of methoxy groups -OCH3 is 2. The largest absolute Gasteiger partial charge is 0.497 e. The van der Waals surface area contributed by atoms with Gasteiger partial charge in [0, 0.05) is 29.1 Å². The van der Waals surface area contributed by atoms with Crippen molar-refractivity contribution in [2.75, 3.05) is 14.2 Å². The Morgan fingerprint density at radius 1 is 1.19 bits per heavy atom. The lowest BCUT2D eigenvalue weighted by Gasteiger charge is -2.11. The molecule has 2 aromatic carbocycles. The van der Waals surface area contributed by atoms with Crippen LogP contribution >= 0.6 is 27.7 Å². The highest BCUT2D eigenvalue weighted by Crippen LogP contribution is 2.36. The predicted molar refractivity (Wildman–Crippen MR) is 122 cm³/mol. The molecular formula is C23H19BrN2O4S. The van der Waals surface area contributed by atoms with Crippen molar-refractivity contribution in [1.29, 1.82) is 5.26 Å². The van der Waals surface area contributed by atoms with E-state index in [0.717, 1.165) is 14.9 Å². The van der Waals surface area contributed by atoms with Gasteiger partial charge >= 0.3 is 0 Å². The number of benzene rings is 2. The number of carbonyl (C=O) groups is 1. The van der Waals surface area contributed by atoms with Gasteiger partial charge < -0.3 is 19.2 Å². The zero-order chi connectivity index (χ0) is 22.2. The van der Waals surface area contributed by atoms with Crippen molar-refractivity contribution in [3.8, 4) is 17.6 Å². The number of amides is 1. The van der Waals surface area contributed by atoms with Crippen LogP contribution in [0.25, 0.3) is 6.08 Å². The van der Waals surface area contributed by atoms with Crippen LogP contribution in [0.1, 0.15) is 11.3 Å². The summed E-state index contributed by atoms with van der Waals surface area (Å²) in [6.45, 7) is 0.196. The molecule has 1 N–H and O–H groups in total. The van der Waals surface area contributed by atoms with Crippen LogP contribution in [0.3, 0.4) is 0 Å². The molecule has 0 atom stereocenters. The van der Waals surface area contributed by atoms with Crippen molar-refractivity contribution >= 4 is 39.7 Å². The number of furan rings is 1. The molecule has 1 heterocycles. The average Bonchev–Trinajstić information content (AvgIpc) is 3.14. The maximum atomic E-state index is 12.5. The van der Waals surface area contributed by atoms with Crippen LogP contribution in [-0.4, -0.2) is 20.1 Å². The van der Waals surface area contributed by atoms with Crippen molar-refractivity contribution in [3.05, 3.63) is 76.0 Å². The lowest BCUT2D eigenvalue weighted by Crippen LogP contribution is -2.24. The highest BCUT2D eigenvalue weighted by molar-refractivity contribution is 9.10. The van der Waals surface area contributed by atoms with Gasteiger partial charge in [0.25, 0.3) is 5.91 Å². The van der Waals surface area contributed by atoms with Gasteiger partial charge in [0.1, 0.15) is 28.9 Å². The summed E-state index contributed by atoms with van der Waals surface area (Å²) >= 11 is 4.90. The second-order valence-electron chi connectivity index (χ2n) is 6.23. The smallest absolute Gasteiger partial charge is 0.262 e. The number of hydrogen-bond donors (Lipinski definition) is 1. The van der Waals surface area contributed by atoms with E-state index in [-0.39, 0.29) is 12.1 Å². The standard InChI is InChI=1S/C23H19BrN2O4S/c1-28-17-9-8-15(21(12-17)29-2)14-26-22(27)16(13-25)10-18-11-20(24)23(30-18)31-19-6-4-3-5-7-19/h3-12H,14H2,1-2H3,(H,26,27)/b16-10-. The van der Waals surface area contributed by atoms with Crippen molar-refractivity contribution < 1.29 is 18.7 Å². The number of halogens is 1. The molecular weight excluding hydrogens is 480 g/mol. The van der Waals surface area contributed by atoms with Gasteiger partial charge in [-0.1, -0.05) is 30.0 Å². The predicted octanol–water partition coefficient (Wildman–Crippen LogP) is 5.43. The molecule has 8 heteroatoms. The molecule has 0 aliphatic rings. The normalized spacial score (nSPS) is 11.0. The van der Waals surface area contributed by atoms with E-state index in [1.807, 2.05) is 36.4 Å². The van der Waals surface area contributed by atoms with E-state index in [4.69, 9.17) is 13.9 Å². The average molecular weight is 499 g/mol. The fourth-order valence-corrected chi connectivity index (χ4v) is 4.02. The Morgan fingerprint density at radius 3 is 2.65 bits per heavy atom. The van der Waals surface area contributed by atoms with Crippen molar-refractivity contribution in [2.24, 2.45) is 0 Å². The molecule has 0 unspecified atom stereocenters. The molecule has 3 aromatic rings. The zero-order valence-electron chi connectivity index (χ0n) is 16.8. The third kappa shape index (κ3) is 5.94. The van der Waals surface area contributed by atoms with Crippen molar-refractivity contribution in [2.45, 2.75) is 16.5 Å². The first-order valence-corrected chi connectivity index (χ1v) is 10.8. The van der Waals surface area contributed by atoms with Crippen LogP contribution in [0.5, 0.6) is 11.5 Å². The number of rotatable bonds is 8. The zero-order valence-corrected chi connectivity index (χ0v) is 19.2. The summed E-state index contributed by atoms with van der Waals surface area (Å²) in [5, 5.41) is 12.8. The van der Waals surface area contributed by atoms with Crippen LogP contribution in [-0.2, 0) is 11.3 Å². The first kappa shape index (κ1) is 22.5. The Balaban J connectivity index is 1.71. The number of nitrogens with zero attached hydrogens (tertiary/aromatic N) is 1. The third-order valence-electron chi connectivity index (χ3n) is 4.21. The highest BCUT2D eigenvalue weighted by Gasteiger charge is 2.14. The van der Waals surface area contributed by atoms with Gasteiger partial charge in [-0.05, 0) is 46.3 Å². The van der Waals surface area contributed by atoms with E-state index in [0.29, 0.717) is 22.4 Å². The summed E-state index contributed by atoms with van der Waals surface area (Å²) < 4.78 is 17.1. The van der Waals surface area contributed by atoms with Gasteiger partial charge in [0.15, 0.2) is 5.09 Å². The van der Waals surface area contributed by atoms with E-state index in [1.165, 1.54) is 17.8 Å². The minimum atomic E-state index is -0.509. The fourth-order valence-electron chi connectivity index (χ4n) is 2.66. The number of nitrogens with one attached hydrogen (secondary N) is 1. The van der Waals surface area contributed by atoms with Gasteiger partial charge in [-0.15, -0.1) is 0 Å². The highest BCUT2D eigenvalue weighted by atomic mass is 79.9. The van der Waals surface area contributed by atoms with E-state index in [2.05, 4.69) is 21.2 Å². The van der Waals surface area contributed by atoms with Crippen molar-refractivity contribution in [1.82, 2.24) is 5.32 Å². The minimum Gasteiger partial charge on any atom is -0.497 e. The molecule has 1 aromatic heterocycles. The Bertz CT molecular complexity index is 1140. The molecule has 0 saturated heterocycles. The molecule has 31 heavy (non-hydrogen) atoms. The second-order valence-corrected chi connectivity index (χ2v) is 8.13. The Hall–Kier alpha value is -3.15. The second kappa shape index (κ2) is 10.8. The number of nitriles is 1. The summed E-state index contributed by atoms with van der Waals surface area (Å²) in [5.74, 6) is 1.13. The lowest BCUT2D eigenvalue weighted by molar-refractivity contribution is -0.117. The molecule has 0 aliphatic carbocycles. The molecule has 3 rings (SSSR count). The minimum absolute atomic E-state index is 0.0648. The Kier molecular flexibility index (Phi) is 7.82. The summed E-state index contributed by atoms with van der Waals surface area (Å²) in [4.78, 5) is 13.5. The lowest BCUT2D eigenvalue weighted by atomic mass is 10.1. The molecule has 0 saturated carbocycles. The summed E-state index contributed by atoms with van der Waals surface area (Å²) in [7, 11) is 3.11. The van der Waals surface area contributed by atoms with Gasteiger partial charge in [0.05, 0.1) is 18.7 Å². The Labute approximate surface area is 193 Å². The molecule has 158 valence electrons. The van der Waals surface area contributed by atoms with Gasteiger partial charge in [-0.3, -0.25) is 4.79 Å². The summed E-state index contributed by atoms with van der Waals surface area (Å²) in [6, 6.07) is 18.7. The van der Waals surface area contributed by atoms with Gasteiger partial charge in [0.2, 0.25) is 0 Å². The van der Waals surface area contributed by atoms with Crippen LogP contribution in [0.2, 0.25) is 0 Å². The molecule has 0 radical (unpaired) electrons. The van der Waals surface area contributed by atoms with Crippen LogP contribution in [0.15, 0.2) is 79.0 Å². The van der Waals surface area contributed by atoms with Gasteiger partial charge in [-0.2, -0.15) is 5.26 Å². The van der Waals surface area contributed by atoms with Crippen molar-refractivity contribution in [3.63, 3.8) is 0 Å². The molecule has 0 fully saturated rings. The summed E-state index contributed by atoms with van der Waals surface area (Å²) in [5.41, 5.74) is 0.696. The maximum Gasteiger partial charge on any atom is 0.262 e. The molecule has 6 nitrogen and oxygen atoms in total. The summed E-state index contributed by atoms with van der Waals surface area (Å²) in [6.07, 6.45) is 1.42.